The Labute approximate surface area is 135 Å². The third-order valence-electron chi connectivity index (χ3n) is 3.41. The lowest BCUT2D eigenvalue weighted by Crippen LogP contribution is -2.36. The molecule has 108 valence electrons. The highest BCUT2D eigenvalue weighted by Crippen LogP contribution is 2.36. The number of nitrogens with two attached hydrogens (primary N) is 1. The van der Waals surface area contributed by atoms with Gasteiger partial charge in [-0.3, -0.25) is 4.99 Å². The number of anilines is 1. The van der Waals surface area contributed by atoms with Gasteiger partial charge in [-0.2, -0.15) is 0 Å². The molecule has 1 aliphatic rings. The number of guanidine groups is 1. The van der Waals surface area contributed by atoms with E-state index in [1.807, 2.05) is 18.2 Å². The largest absolute Gasteiger partial charge is 0.369 e. The van der Waals surface area contributed by atoms with Crippen LogP contribution in [0.1, 0.15) is 11.6 Å². The first-order chi connectivity index (χ1) is 10.1. The van der Waals surface area contributed by atoms with Gasteiger partial charge in [-0.25, -0.2) is 4.39 Å². The van der Waals surface area contributed by atoms with Crippen molar-refractivity contribution in [3.05, 3.63) is 63.3 Å². The highest BCUT2D eigenvalue weighted by Gasteiger charge is 2.31. The van der Waals surface area contributed by atoms with Crippen molar-refractivity contribution in [3.63, 3.8) is 0 Å². The van der Waals surface area contributed by atoms with Gasteiger partial charge >= 0.3 is 0 Å². The number of nitrogens with zero attached hydrogens (tertiary/aromatic N) is 2. The van der Waals surface area contributed by atoms with Gasteiger partial charge in [0.15, 0.2) is 5.96 Å². The van der Waals surface area contributed by atoms with E-state index in [1.54, 1.807) is 23.1 Å². The minimum absolute atomic E-state index is 0.287. The fourth-order valence-electron chi connectivity index (χ4n) is 2.44. The van der Waals surface area contributed by atoms with Gasteiger partial charge in [-0.1, -0.05) is 39.7 Å². The van der Waals surface area contributed by atoms with Crippen molar-refractivity contribution in [2.45, 2.75) is 6.04 Å². The van der Waals surface area contributed by atoms with Gasteiger partial charge in [0.1, 0.15) is 5.82 Å². The quantitative estimate of drug-likeness (QED) is 0.866. The number of para-hydroxylation sites is 1. The van der Waals surface area contributed by atoms with Crippen LogP contribution in [0.15, 0.2) is 51.9 Å². The van der Waals surface area contributed by atoms with Crippen LogP contribution in [0.4, 0.5) is 10.1 Å². The van der Waals surface area contributed by atoms with Gasteiger partial charge in [-0.05, 0) is 30.3 Å². The average molecular weight is 369 g/mol. The van der Waals surface area contributed by atoms with Gasteiger partial charge in [-0.15, -0.1) is 0 Å². The summed E-state index contributed by atoms with van der Waals surface area (Å²) in [4.78, 5) is 6.01. The van der Waals surface area contributed by atoms with E-state index in [0.29, 0.717) is 23.1 Å². The van der Waals surface area contributed by atoms with E-state index in [0.717, 1.165) is 10.2 Å². The summed E-state index contributed by atoms with van der Waals surface area (Å²) in [6, 6.07) is 11.9. The molecule has 0 aromatic heterocycles. The zero-order chi connectivity index (χ0) is 15.0. The van der Waals surface area contributed by atoms with Gasteiger partial charge in [0.2, 0.25) is 0 Å². The van der Waals surface area contributed by atoms with Gasteiger partial charge in [0, 0.05) is 10.0 Å². The van der Waals surface area contributed by atoms with Crippen molar-refractivity contribution in [2.75, 3.05) is 11.4 Å². The third-order valence-corrected chi connectivity index (χ3v) is 4.23. The van der Waals surface area contributed by atoms with E-state index < -0.39 is 0 Å². The fourth-order valence-corrected chi connectivity index (χ4v) is 3.05. The number of hydrogen-bond acceptors (Lipinski definition) is 3. The molecule has 0 radical (unpaired) electrons. The molecule has 3 nitrogen and oxygen atoms in total. The van der Waals surface area contributed by atoms with E-state index in [4.69, 9.17) is 17.3 Å². The molecule has 2 N–H and O–H groups in total. The predicted octanol–water partition coefficient (Wildman–Crippen LogP) is 4.12. The number of hydrogen-bond donors (Lipinski definition) is 1. The zero-order valence-corrected chi connectivity index (χ0v) is 13.3. The van der Waals surface area contributed by atoms with Crippen molar-refractivity contribution in [2.24, 2.45) is 10.7 Å². The SMILES string of the molecule is NC1=NCC(c2cc(Br)ccc2F)N1c1ccccc1Cl. The molecule has 3 rings (SSSR count). The Kier molecular flexibility index (Phi) is 3.87. The van der Waals surface area contributed by atoms with E-state index in [9.17, 15) is 4.39 Å². The summed E-state index contributed by atoms with van der Waals surface area (Å²) >= 11 is 9.61. The summed E-state index contributed by atoms with van der Waals surface area (Å²) in [5.41, 5.74) is 7.24. The Morgan fingerprint density at radius 3 is 2.81 bits per heavy atom. The molecule has 1 heterocycles. The Balaban J connectivity index is 2.07. The molecule has 0 aliphatic carbocycles. The summed E-state index contributed by atoms with van der Waals surface area (Å²) in [5.74, 6) is 0.0534. The van der Waals surface area contributed by atoms with Crippen LogP contribution in [-0.2, 0) is 0 Å². The summed E-state index contributed by atoms with van der Waals surface area (Å²) in [7, 11) is 0. The average Bonchev–Trinajstić information content (AvgIpc) is 2.84. The van der Waals surface area contributed by atoms with E-state index >= 15 is 0 Å². The van der Waals surface area contributed by atoms with Gasteiger partial charge in [0.05, 0.1) is 23.3 Å². The second kappa shape index (κ2) is 5.66. The molecule has 0 saturated heterocycles. The van der Waals surface area contributed by atoms with Crippen LogP contribution in [-0.4, -0.2) is 12.5 Å². The van der Waals surface area contributed by atoms with Crippen molar-refractivity contribution in [1.29, 1.82) is 0 Å². The molecule has 21 heavy (non-hydrogen) atoms. The number of benzene rings is 2. The minimum Gasteiger partial charge on any atom is -0.369 e. The van der Waals surface area contributed by atoms with Crippen LogP contribution in [0.5, 0.6) is 0 Å². The minimum atomic E-state index is -0.303. The van der Waals surface area contributed by atoms with Crippen LogP contribution >= 0.6 is 27.5 Å². The third kappa shape index (κ3) is 2.63. The van der Waals surface area contributed by atoms with Crippen molar-refractivity contribution >= 4 is 39.2 Å². The fraction of sp³-hybridized carbons (Fsp3) is 0.133. The first-order valence-electron chi connectivity index (χ1n) is 6.36. The number of aliphatic imine (C=N–C) groups is 1. The summed E-state index contributed by atoms with van der Waals surface area (Å²) < 4.78 is 15.0. The highest BCUT2D eigenvalue weighted by molar-refractivity contribution is 9.10. The normalized spacial score (nSPS) is 18.0. The lowest BCUT2D eigenvalue weighted by Gasteiger charge is -2.27. The molecular formula is C15H12BrClFN3. The summed E-state index contributed by atoms with van der Waals surface area (Å²) in [6.45, 7) is 0.393. The van der Waals surface area contributed by atoms with Crippen LogP contribution in [0.2, 0.25) is 5.02 Å². The highest BCUT2D eigenvalue weighted by atomic mass is 79.9. The molecule has 0 fully saturated rings. The topological polar surface area (TPSA) is 41.6 Å². The molecule has 2 aromatic carbocycles. The van der Waals surface area contributed by atoms with E-state index in [1.165, 1.54) is 6.07 Å². The van der Waals surface area contributed by atoms with Crippen molar-refractivity contribution in [1.82, 2.24) is 0 Å². The maximum absolute atomic E-state index is 14.2. The molecule has 1 atom stereocenters. The molecule has 0 saturated carbocycles. The lowest BCUT2D eigenvalue weighted by molar-refractivity contribution is 0.589. The standard InChI is InChI=1S/C15H12BrClFN3/c16-9-5-6-12(18)10(7-9)14-8-20-15(19)21(14)13-4-2-1-3-11(13)17/h1-7,14H,8H2,(H2,19,20). The first kappa shape index (κ1) is 14.4. The maximum atomic E-state index is 14.2. The lowest BCUT2D eigenvalue weighted by atomic mass is 10.0. The Hall–Kier alpha value is -1.59. The molecule has 0 bridgehead atoms. The first-order valence-corrected chi connectivity index (χ1v) is 7.53. The molecule has 6 heteroatoms. The molecule has 1 aliphatic heterocycles. The smallest absolute Gasteiger partial charge is 0.196 e. The second-order valence-electron chi connectivity index (χ2n) is 4.70. The van der Waals surface area contributed by atoms with Crippen molar-refractivity contribution in [3.8, 4) is 0 Å². The molecule has 0 spiro atoms. The molecular weight excluding hydrogens is 357 g/mol. The van der Waals surface area contributed by atoms with Crippen LogP contribution in [0.25, 0.3) is 0 Å². The second-order valence-corrected chi connectivity index (χ2v) is 6.02. The maximum Gasteiger partial charge on any atom is 0.196 e. The Morgan fingerprint density at radius 2 is 2.05 bits per heavy atom. The predicted molar refractivity (Wildman–Crippen MR) is 87.3 cm³/mol. The monoisotopic (exact) mass is 367 g/mol. The van der Waals surface area contributed by atoms with Gasteiger partial charge < -0.3 is 10.6 Å². The molecule has 2 aromatic rings. The number of halogens is 3. The van der Waals surface area contributed by atoms with E-state index in [-0.39, 0.29) is 11.9 Å². The molecule has 1 unspecified atom stereocenters. The Bertz CT molecular complexity index is 720. The van der Waals surface area contributed by atoms with E-state index in [2.05, 4.69) is 20.9 Å². The Morgan fingerprint density at radius 1 is 1.29 bits per heavy atom. The zero-order valence-electron chi connectivity index (χ0n) is 10.9. The van der Waals surface area contributed by atoms with Crippen molar-refractivity contribution < 1.29 is 4.39 Å². The van der Waals surface area contributed by atoms with Crippen LogP contribution in [0.3, 0.4) is 0 Å². The number of rotatable bonds is 2. The van der Waals surface area contributed by atoms with Gasteiger partial charge in [0.25, 0.3) is 0 Å². The van der Waals surface area contributed by atoms with Crippen LogP contribution in [0, 0.1) is 5.82 Å². The van der Waals surface area contributed by atoms with Crippen LogP contribution < -0.4 is 10.6 Å². The summed E-state index contributed by atoms with van der Waals surface area (Å²) in [6.07, 6.45) is 0. The molecule has 0 amide bonds. The summed E-state index contributed by atoms with van der Waals surface area (Å²) in [5, 5.41) is 0.554.